The third-order valence-electron chi connectivity index (χ3n) is 5.12. The zero-order valence-corrected chi connectivity index (χ0v) is 16.5. The highest BCUT2D eigenvalue weighted by molar-refractivity contribution is 5.99. The topological polar surface area (TPSA) is 80.2 Å². The van der Waals surface area contributed by atoms with Gasteiger partial charge < -0.3 is 15.2 Å². The van der Waals surface area contributed by atoms with Crippen molar-refractivity contribution < 1.29 is 9.59 Å². The van der Waals surface area contributed by atoms with Crippen molar-refractivity contribution in [1.82, 2.24) is 15.2 Å². The van der Waals surface area contributed by atoms with E-state index >= 15 is 0 Å². The second kappa shape index (κ2) is 9.87. The molecule has 0 spiro atoms. The van der Waals surface area contributed by atoms with E-state index in [9.17, 15) is 14.4 Å². The maximum Gasteiger partial charge on any atom is 0.257 e. The predicted molar refractivity (Wildman–Crippen MR) is 113 cm³/mol. The summed E-state index contributed by atoms with van der Waals surface area (Å²) in [6.07, 6.45) is 9.76. The minimum Gasteiger partial charge on any atom is -0.349 e. The van der Waals surface area contributed by atoms with Gasteiger partial charge in [-0.25, -0.2) is 0 Å². The standard InChI is InChI=1S/C23H27N3O3/c1-2-13-24-22(28)19-15-26(14-17-9-5-3-6-10-17)16-20(21(19)27)23(29)25-18-11-7-4-8-12-18/h2-3,5-6,9-10,15-16,18H,1,4,7-8,11-14H2,(H,24,28)(H,25,29). The first kappa shape index (κ1) is 20.6. The lowest BCUT2D eigenvalue weighted by atomic mass is 9.95. The molecule has 2 N–H and O–H groups in total. The first-order valence-corrected chi connectivity index (χ1v) is 10.1. The maximum absolute atomic E-state index is 12.9. The van der Waals surface area contributed by atoms with Gasteiger partial charge in [0.25, 0.3) is 11.8 Å². The lowest BCUT2D eigenvalue weighted by Crippen LogP contribution is -2.40. The first-order chi connectivity index (χ1) is 14.1. The van der Waals surface area contributed by atoms with Gasteiger partial charge in [0.1, 0.15) is 11.1 Å². The highest BCUT2D eigenvalue weighted by atomic mass is 16.2. The van der Waals surface area contributed by atoms with Crippen LogP contribution in [0.3, 0.4) is 0 Å². The smallest absolute Gasteiger partial charge is 0.257 e. The Morgan fingerprint density at radius 2 is 1.69 bits per heavy atom. The Balaban J connectivity index is 1.92. The van der Waals surface area contributed by atoms with Crippen molar-refractivity contribution in [3.8, 4) is 0 Å². The zero-order chi connectivity index (χ0) is 20.6. The quantitative estimate of drug-likeness (QED) is 0.710. The van der Waals surface area contributed by atoms with Gasteiger partial charge in [-0.05, 0) is 18.4 Å². The summed E-state index contributed by atoms with van der Waals surface area (Å²) in [7, 11) is 0. The fraction of sp³-hybridized carbons (Fsp3) is 0.348. The summed E-state index contributed by atoms with van der Waals surface area (Å²) in [5.74, 6) is -0.925. The molecule has 1 heterocycles. The van der Waals surface area contributed by atoms with Gasteiger partial charge >= 0.3 is 0 Å². The summed E-state index contributed by atoms with van der Waals surface area (Å²) in [6.45, 7) is 4.27. The Hall–Kier alpha value is -3.15. The third-order valence-corrected chi connectivity index (χ3v) is 5.12. The van der Waals surface area contributed by atoms with Gasteiger partial charge in [-0.3, -0.25) is 14.4 Å². The van der Waals surface area contributed by atoms with Gasteiger partial charge in [-0.15, -0.1) is 6.58 Å². The zero-order valence-electron chi connectivity index (χ0n) is 16.5. The van der Waals surface area contributed by atoms with Crippen LogP contribution in [0.4, 0.5) is 0 Å². The first-order valence-electron chi connectivity index (χ1n) is 10.1. The Labute approximate surface area is 170 Å². The predicted octanol–water partition coefficient (Wildman–Crippen LogP) is 2.87. The van der Waals surface area contributed by atoms with E-state index in [0.29, 0.717) is 6.54 Å². The van der Waals surface area contributed by atoms with E-state index in [1.807, 2.05) is 30.3 Å². The molecule has 6 nitrogen and oxygen atoms in total. The van der Waals surface area contributed by atoms with Gasteiger partial charge in [0, 0.05) is 31.5 Å². The van der Waals surface area contributed by atoms with E-state index in [1.165, 1.54) is 18.8 Å². The van der Waals surface area contributed by atoms with E-state index in [-0.39, 0.29) is 23.7 Å². The molecule has 152 valence electrons. The molecular weight excluding hydrogens is 366 g/mol. The van der Waals surface area contributed by atoms with Crippen LogP contribution in [0.5, 0.6) is 0 Å². The van der Waals surface area contributed by atoms with Crippen LogP contribution in [0.1, 0.15) is 58.4 Å². The summed E-state index contributed by atoms with van der Waals surface area (Å²) in [4.78, 5) is 38.2. The van der Waals surface area contributed by atoms with Crippen LogP contribution in [0.15, 0.2) is 60.2 Å². The number of pyridine rings is 1. The summed E-state index contributed by atoms with van der Waals surface area (Å²) < 4.78 is 1.72. The van der Waals surface area contributed by atoms with Gasteiger partial charge in [-0.2, -0.15) is 0 Å². The molecule has 3 rings (SSSR count). The van der Waals surface area contributed by atoms with E-state index < -0.39 is 17.2 Å². The van der Waals surface area contributed by atoms with Gasteiger partial charge in [0.05, 0.1) is 0 Å². The molecule has 0 radical (unpaired) electrons. The van der Waals surface area contributed by atoms with Crippen molar-refractivity contribution in [2.24, 2.45) is 0 Å². The van der Waals surface area contributed by atoms with Gasteiger partial charge in [0.2, 0.25) is 5.43 Å². The molecule has 0 saturated heterocycles. The SMILES string of the molecule is C=CCNC(=O)c1cn(Cc2ccccc2)cc(C(=O)NC2CCCCC2)c1=O. The minimum absolute atomic E-state index is 0.00208. The number of benzene rings is 1. The molecule has 1 saturated carbocycles. The number of rotatable bonds is 7. The molecule has 1 aromatic carbocycles. The van der Waals surface area contributed by atoms with Crippen LogP contribution >= 0.6 is 0 Å². The van der Waals surface area contributed by atoms with Crippen molar-refractivity contribution in [2.75, 3.05) is 6.54 Å². The molecule has 0 atom stereocenters. The Morgan fingerprint density at radius 3 is 2.34 bits per heavy atom. The van der Waals surface area contributed by atoms with Crippen molar-refractivity contribution in [3.05, 3.63) is 82.3 Å². The Kier molecular flexibility index (Phi) is 7.00. The lowest BCUT2D eigenvalue weighted by Gasteiger charge is -2.23. The van der Waals surface area contributed by atoms with Crippen molar-refractivity contribution in [1.29, 1.82) is 0 Å². The lowest BCUT2D eigenvalue weighted by molar-refractivity contribution is 0.0925. The van der Waals surface area contributed by atoms with Crippen LogP contribution in [-0.2, 0) is 6.54 Å². The number of nitrogens with zero attached hydrogens (tertiary/aromatic N) is 1. The molecule has 6 heteroatoms. The molecule has 0 bridgehead atoms. The average Bonchev–Trinajstić information content (AvgIpc) is 2.74. The molecule has 0 unspecified atom stereocenters. The molecule has 1 aromatic heterocycles. The normalized spacial score (nSPS) is 14.2. The number of hydrogen-bond donors (Lipinski definition) is 2. The van der Waals surface area contributed by atoms with Gasteiger partial charge in [-0.1, -0.05) is 55.7 Å². The summed E-state index contributed by atoms with van der Waals surface area (Å²) in [5.41, 5.74) is 0.410. The molecule has 2 aromatic rings. The van der Waals surface area contributed by atoms with E-state index in [0.717, 1.165) is 31.2 Å². The summed E-state index contributed by atoms with van der Waals surface area (Å²) in [6, 6.07) is 9.76. The number of aromatic nitrogens is 1. The van der Waals surface area contributed by atoms with Crippen LogP contribution < -0.4 is 16.1 Å². The number of amides is 2. The largest absolute Gasteiger partial charge is 0.349 e. The second-order valence-electron chi connectivity index (χ2n) is 7.38. The van der Waals surface area contributed by atoms with Gasteiger partial charge in [0.15, 0.2) is 0 Å². The summed E-state index contributed by atoms with van der Waals surface area (Å²) in [5, 5.41) is 5.60. The maximum atomic E-state index is 12.9. The molecule has 1 fully saturated rings. The molecule has 29 heavy (non-hydrogen) atoms. The fourth-order valence-electron chi connectivity index (χ4n) is 3.61. The molecule has 1 aliphatic rings. The Bertz CT molecular complexity index is 928. The number of hydrogen-bond acceptors (Lipinski definition) is 3. The van der Waals surface area contributed by atoms with E-state index in [4.69, 9.17) is 0 Å². The van der Waals surface area contributed by atoms with Crippen LogP contribution in [0, 0.1) is 0 Å². The Morgan fingerprint density at radius 1 is 1.03 bits per heavy atom. The summed E-state index contributed by atoms with van der Waals surface area (Å²) >= 11 is 0. The third kappa shape index (κ3) is 5.44. The number of carbonyl (C=O) groups excluding carboxylic acids is 2. The molecular formula is C23H27N3O3. The van der Waals surface area contributed by atoms with E-state index in [2.05, 4.69) is 17.2 Å². The molecule has 2 amide bonds. The van der Waals surface area contributed by atoms with Crippen molar-refractivity contribution in [2.45, 2.75) is 44.7 Å². The highest BCUT2D eigenvalue weighted by Gasteiger charge is 2.22. The van der Waals surface area contributed by atoms with E-state index in [1.54, 1.807) is 10.6 Å². The monoisotopic (exact) mass is 393 g/mol. The fourth-order valence-corrected chi connectivity index (χ4v) is 3.61. The highest BCUT2D eigenvalue weighted by Crippen LogP contribution is 2.17. The minimum atomic E-state index is -0.552. The number of carbonyl (C=O) groups is 2. The molecule has 0 aliphatic heterocycles. The second-order valence-corrected chi connectivity index (χ2v) is 7.38. The van der Waals surface area contributed by atoms with Crippen molar-refractivity contribution >= 4 is 11.8 Å². The van der Waals surface area contributed by atoms with Crippen LogP contribution in [0.2, 0.25) is 0 Å². The number of nitrogens with one attached hydrogen (secondary N) is 2. The van der Waals surface area contributed by atoms with Crippen LogP contribution in [0.25, 0.3) is 0 Å². The molecule has 1 aliphatic carbocycles. The van der Waals surface area contributed by atoms with Crippen LogP contribution in [-0.4, -0.2) is 29.0 Å². The average molecular weight is 393 g/mol. The van der Waals surface area contributed by atoms with Crippen molar-refractivity contribution in [3.63, 3.8) is 0 Å².